The van der Waals surface area contributed by atoms with Crippen LogP contribution in [0.2, 0.25) is 0 Å². The van der Waals surface area contributed by atoms with E-state index >= 15 is 0 Å². The van der Waals surface area contributed by atoms with Crippen LogP contribution in [-0.2, 0) is 0 Å². The van der Waals surface area contributed by atoms with Gasteiger partial charge in [0.15, 0.2) is 0 Å². The number of carbonyl (C=O) groups excluding carboxylic acids is 1. The Morgan fingerprint density at radius 2 is 1.87 bits per heavy atom. The van der Waals surface area contributed by atoms with E-state index in [9.17, 15) is 4.79 Å². The fourth-order valence-corrected chi connectivity index (χ4v) is 1.61. The van der Waals surface area contributed by atoms with E-state index in [1.165, 1.54) is 0 Å². The SMILES string of the molecule is Cc1cc(C)cc(C(=O)NCCCCl)c1. The minimum absolute atomic E-state index is 0.0214. The Morgan fingerprint density at radius 1 is 1.27 bits per heavy atom. The molecular formula is C12H16ClNO. The maximum Gasteiger partial charge on any atom is 0.251 e. The van der Waals surface area contributed by atoms with Gasteiger partial charge in [0.25, 0.3) is 5.91 Å². The summed E-state index contributed by atoms with van der Waals surface area (Å²) in [5.74, 6) is 0.555. The van der Waals surface area contributed by atoms with Crippen molar-refractivity contribution in [1.82, 2.24) is 5.32 Å². The number of halogens is 1. The second-order valence-corrected chi connectivity index (χ2v) is 4.05. The van der Waals surface area contributed by atoms with E-state index in [1.807, 2.05) is 26.0 Å². The zero-order valence-corrected chi connectivity index (χ0v) is 9.90. The number of rotatable bonds is 4. The van der Waals surface area contributed by atoms with E-state index in [0.717, 1.165) is 23.1 Å². The van der Waals surface area contributed by atoms with E-state index in [-0.39, 0.29) is 5.91 Å². The van der Waals surface area contributed by atoms with Gasteiger partial charge in [-0.3, -0.25) is 4.79 Å². The first-order valence-corrected chi connectivity index (χ1v) is 5.59. The van der Waals surface area contributed by atoms with Gasteiger partial charge in [-0.15, -0.1) is 11.6 Å². The summed E-state index contributed by atoms with van der Waals surface area (Å²) in [5, 5.41) is 2.83. The first kappa shape index (κ1) is 12.1. The molecule has 0 atom stereocenters. The summed E-state index contributed by atoms with van der Waals surface area (Å²) in [7, 11) is 0. The predicted octanol–water partition coefficient (Wildman–Crippen LogP) is 2.66. The van der Waals surface area contributed by atoms with Crippen LogP contribution in [0.3, 0.4) is 0 Å². The molecule has 1 amide bonds. The van der Waals surface area contributed by atoms with Gasteiger partial charge in [-0.25, -0.2) is 0 Å². The molecule has 2 nitrogen and oxygen atoms in total. The van der Waals surface area contributed by atoms with Crippen molar-refractivity contribution in [1.29, 1.82) is 0 Å². The van der Waals surface area contributed by atoms with Crippen LogP contribution in [0, 0.1) is 13.8 Å². The lowest BCUT2D eigenvalue weighted by atomic mass is 10.1. The van der Waals surface area contributed by atoms with Crippen LogP contribution in [0.15, 0.2) is 18.2 Å². The van der Waals surface area contributed by atoms with Gasteiger partial charge in [-0.05, 0) is 32.4 Å². The molecule has 0 aromatic heterocycles. The molecule has 1 N–H and O–H groups in total. The van der Waals surface area contributed by atoms with Crippen molar-refractivity contribution >= 4 is 17.5 Å². The molecule has 0 heterocycles. The van der Waals surface area contributed by atoms with E-state index in [0.29, 0.717) is 12.4 Å². The van der Waals surface area contributed by atoms with Crippen molar-refractivity contribution in [3.8, 4) is 0 Å². The molecule has 0 fully saturated rings. The molecule has 1 aromatic carbocycles. The Labute approximate surface area is 95.6 Å². The Hall–Kier alpha value is -1.02. The zero-order valence-electron chi connectivity index (χ0n) is 9.14. The highest BCUT2D eigenvalue weighted by atomic mass is 35.5. The quantitative estimate of drug-likeness (QED) is 0.620. The van der Waals surface area contributed by atoms with Crippen LogP contribution in [0.5, 0.6) is 0 Å². The van der Waals surface area contributed by atoms with E-state index < -0.39 is 0 Å². The molecule has 0 saturated carbocycles. The maximum atomic E-state index is 11.7. The minimum Gasteiger partial charge on any atom is -0.352 e. The summed E-state index contributed by atoms with van der Waals surface area (Å²) in [6.07, 6.45) is 0.804. The average molecular weight is 226 g/mol. The topological polar surface area (TPSA) is 29.1 Å². The van der Waals surface area contributed by atoms with Crippen molar-refractivity contribution in [2.24, 2.45) is 0 Å². The van der Waals surface area contributed by atoms with Crippen LogP contribution in [0.1, 0.15) is 27.9 Å². The lowest BCUT2D eigenvalue weighted by Crippen LogP contribution is -2.24. The summed E-state index contributed by atoms with van der Waals surface area (Å²) >= 11 is 5.53. The fourth-order valence-electron chi connectivity index (χ4n) is 1.48. The summed E-state index contributed by atoms with van der Waals surface area (Å²) in [4.78, 5) is 11.7. The van der Waals surface area contributed by atoms with E-state index in [2.05, 4.69) is 11.4 Å². The van der Waals surface area contributed by atoms with Crippen molar-refractivity contribution in [3.63, 3.8) is 0 Å². The third-order valence-corrected chi connectivity index (χ3v) is 2.35. The number of hydrogen-bond acceptors (Lipinski definition) is 1. The summed E-state index contributed by atoms with van der Waals surface area (Å²) in [6.45, 7) is 4.61. The smallest absolute Gasteiger partial charge is 0.251 e. The number of alkyl halides is 1. The lowest BCUT2D eigenvalue weighted by molar-refractivity contribution is 0.0953. The average Bonchev–Trinajstić information content (AvgIpc) is 2.16. The standard InChI is InChI=1S/C12H16ClNO/c1-9-6-10(2)8-11(7-9)12(15)14-5-3-4-13/h6-8H,3-5H2,1-2H3,(H,14,15). The molecule has 0 bridgehead atoms. The van der Waals surface area contributed by atoms with Gasteiger partial charge in [0.2, 0.25) is 0 Å². The van der Waals surface area contributed by atoms with Gasteiger partial charge >= 0.3 is 0 Å². The van der Waals surface area contributed by atoms with Gasteiger partial charge in [0.1, 0.15) is 0 Å². The third kappa shape index (κ3) is 3.92. The largest absolute Gasteiger partial charge is 0.352 e. The van der Waals surface area contributed by atoms with Crippen molar-refractivity contribution in [3.05, 3.63) is 34.9 Å². The van der Waals surface area contributed by atoms with Crippen LogP contribution in [0.4, 0.5) is 0 Å². The Kier molecular flexibility index (Phi) is 4.63. The van der Waals surface area contributed by atoms with Crippen molar-refractivity contribution < 1.29 is 4.79 Å². The Morgan fingerprint density at radius 3 is 2.40 bits per heavy atom. The highest BCUT2D eigenvalue weighted by Gasteiger charge is 2.05. The van der Waals surface area contributed by atoms with Crippen molar-refractivity contribution in [2.45, 2.75) is 20.3 Å². The fraction of sp³-hybridized carbons (Fsp3) is 0.417. The normalized spacial score (nSPS) is 10.1. The number of hydrogen-bond donors (Lipinski definition) is 1. The molecule has 82 valence electrons. The molecule has 0 radical (unpaired) electrons. The van der Waals surface area contributed by atoms with Gasteiger partial charge in [0, 0.05) is 18.0 Å². The lowest BCUT2D eigenvalue weighted by Gasteiger charge is -2.06. The maximum absolute atomic E-state index is 11.7. The molecule has 0 aliphatic heterocycles. The van der Waals surface area contributed by atoms with Gasteiger partial charge in [-0.1, -0.05) is 17.2 Å². The second-order valence-electron chi connectivity index (χ2n) is 3.67. The van der Waals surface area contributed by atoms with Crippen LogP contribution in [0.25, 0.3) is 0 Å². The molecular weight excluding hydrogens is 210 g/mol. The van der Waals surface area contributed by atoms with Gasteiger partial charge < -0.3 is 5.32 Å². The molecule has 0 saturated heterocycles. The molecule has 0 aliphatic carbocycles. The molecule has 1 aromatic rings. The van der Waals surface area contributed by atoms with E-state index in [1.54, 1.807) is 0 Å². The van der Waals surface area contributed by atoms with Crippen LogP contribution >= 0.6 is 11.6 Å². The third-order valence-electron chi connectivity index (χ3n) is 2.08. The molecule has 3 heteroatoms. The summed E-state index contributed by atoms with van der Waals surface area (Å²) in [6, 6.07) is 5.83. The summed E-state index contributed by atoms with van der Waals surface area (Å²) in [5.41, 5.74) is 2.94. The number of aryl methyl sites for hydroxylation is 2. The first-order chi connectivity index (χ1) is 7.13. The minimum atomic E-state index is -0.0214. The Bertz CT molecular complexity index is 329. The molecule has 0 spiro atoms. The first-order valence-electron chi connectivity index (χ1n) is 5.06. The second kappa shape index (κ2) is 5.76. The van der Waals surface area contributed by atoms with Crippen LogP contribution in [-0.4, -0.2) is 18.3 Å². The summed E-state index contributed by atoms with van der Waals surface area (Å²) < 4.78 is 0. The highest BCUT2D eigenvalue weighted by Crippen LogP contribution is 2.08. The molecule has 0 aliphatic rings. The number of benzene rings is 1. The van der Waals surface area contributed by atoms with Gasteiger partial charge in [-0.2, -0.15) is 0 Å². The number of carbonyl (C=O) groups is 1. The molecule has 15 heavy (non-hydrogen) atoms. The van der Waals surface area contributed by atoms with Gasteiger partial charge in [0.05, 0.1) is 0 Å². The van der Waals surface area contributed by atoms with Crippen LogP contribution < -0.4 is 5.32 Å². The Balaban J connectivity index is 2.65. The number of amides is 1. The van der Waals surface area contributed by atoms with E-state index in [4.69, 9.17) is 11.6 Å². The predicted molar refractivity (Wildman–Crippen MR) is 63.6 cm³/mol. The molecule has 1 rings (SSSR count). The zero-order chi connectivity index (χ0) is 11.3. The van der Waals surface area contributed by atoms with Crippen molar-refractivity contribution in [2.75, 3.05) is 12.4 Å². The highest BCUT2D eigenvalue weighted by molar-refractivity contribution is 6.17. The molecule has 0 unspecified atom stereocenters. The number of nitrogens with one attached hydrogen (secondary N) is 1. The monoisotopic (exact) mass is 225 g/mol.